The molecule has 6 N–H and O–H groups in total. The lowest BCUT2D eigenvalue weighted by Crippen LogP contribution is -2.57. The van der Waals surface area contributed by atoms with Crippen molar-refractivity contribution in [1.82, 2.24) is 5.32 Å². The zero-order valence-electron chi connectivity index (χ0n) is 28.8. The Kier molecular flexibility index (Phi) is 11.5. The molecular weight excluding hydrogens is 722 g/mol. The lowest BCUT2D eigenvalue weighted by Gasteiger charge is -2.38. The Bertz CT molecular complexity index is 2050. The SMILES string of the molecule is O=C(CCNC(=O)OC1c2ccccc2-c2ccccc21)Nc1cc(COC(=O)Oc2ccc([N+](=O)[O-])cc2)ccc1O[C@@H]1C[C@H](C(=O)O)[C@@H](O)[C@H](O)[C@H]1O. The number of nitro groups is 1. The summed E-state index contributed by atoms with van der Waals surface area (Å²) in [6.07, 6.45) is -9.79. The Labute approximate surface area is 312 Å². The first-order valence-corrected chi connectivity index (χ1v) is 17.0. The van der Waals surface area contributed by atoms with Gasteiger partial charge in [0.05, 0.1) is 22.6 Å². The third-order valence-corrected chi connectivity index (χ3v) is 9.12. The first kappa shape index (κ1) is 38.2. The van der Waals surface area contributed by atoms with Crippen molar-refractivity contribution in [2.75, 3.05) is 11.9 Å². The molecule has 0 aliphatic heterocycles. The summed E-state index contributed by atoms with van der Waals surface area (Å²) < 4.78 is 21.8. The van der Waals surface area contributed by atoms with Gasteiger partial charge in [0.15, 0.2) is 6.10 Å². The molecule has 1 saturated carbocycles. The third-order valence-electron chi connectivity index (χ3n) is 9.12. The van der Waals surface area contributed by atoms with Gasteiger partial charge in [0, 0.05) is 42.6 Å². The van der Waals surface area contributed by atoms with Gasteiger partial charge in [0.2, 0.25) is 5.91 Å². The number of rotatable bonds is 12. The zero-order valence-corrected chi connectivity index (χ0v) is 28.8. The molecule has 0 spiro atoms. The number of carboxylic acids is 1. The number of ether oxygens (including phenoxy) is 4. The molecule has 4 aromatic rings. The topological polar surface area (TPSA) is 253 Å². The minimum Gasteiger partial charge on any atom is -0.485 e. The number of nitrogens with one attached hydrogen (secondary N) is 2. The third kappa shape index (κ3) is 8.81. The van der Waals surface area contributed by atoms with Crippen LogP contribution in [0.3, 0.4) is 0 Å². The number of carboxylic acid groups (broad SMARTS) is 1. The average Bonchev–Trinajstić information content (AvgIpc) is 3.48. The lowest BCUT2D eigenvalue weighted by atomic mass is 9.80. The van der Waals surface area contributed by atoms with Crippen LogP contribution in [-0.4, -0.2) is 80.4 Å². The highest BCUT2D eigenvalue weighted by Gasteiger charge is 2.47. The Morgan fingerprint density at radius 1 is 0.836 bits per heavy atom. The molecule has 0 saturated heterocycles. The maximum Gasteiger partial charge on any atom is 0.514 e. The van der Waals surface area contributed by atoms with Crippen molar-refractivity contribution in [2.24, 2.45) is 5.92 Å². The van der Waals surface area contributed by atoms with Crippen LogP contribution < -0.4 is 20.1 Å². The highest BCUT2D eigenvalue weighted by Crippen LogP contribution is 2.45. The van der Waals surface area contributed by atoms with Crippen LogP contribution in [0, 0.1) is 16.0 Å². The number of fused-ring (bicyclic) bond motifs is 3. The molecule has 17 heteroatoms. The van der Waals surface area contributed by atoms with Gasteiger partial charge in [-0.2, -0.15) is 0 Å². The summed E-state index contributed by atoms with van der Waals surface area (Å²) in [6, 6.07) is 24.0. The number of anilines is 1. The molecule has 55 heavy (non-hydrogen) atoms. The van der Waals surface area contributed by atoms with Gasteiger partial charge in [-0.15, -0.1) is 0 Å². The van der Waals surface area contributed by atoms with E-state index in [0.29, 0.717) is 5.56 Å². The van der Waals surface area contributed by atoms with Crippen LogP contribution in [-0.2, 0) is 25.7 Å². The monoisotopic (exact) mass is 757 g/mol. The zero-order chi connectivity index (χ0) is 39.2. The quantitative estimate of drug-likeness (QED) is 0.0516. The molecule has 0 bridgehead atoms. The van der Waals surface area contributed by atoms with E-state index in [0.717, 1.165) is 34.4 Å². The van der Waals surface area contributed by atoms with Crippen molar-refractivity contribution in [3.8, 4) is 22.6 Å². The van der Waals surface area contributed by atoms with Gasteiger partial charge in [-0.3, -0.25) is 19.7 Å². The molecular formula is C38H35N3O14. The molecule has 2 aliphatic rings. The van der Waals surface area contributed by atoms with Gasteiger partial charge in [0.25, 0.3) is 5.69 Å². The molecule has 17 nitrogen and oxygen atoms in total. The number of amides is 2. The van der Waals surface area contributed by atoms with Gasteiger partial charge >= 0.3 is 18.2 Å². The van der Waals surface area contributed by atoms with Crippen LogP contribution in [0.25, 0.3) is 11.1 Å². The summed E-state index contributed by atoms with van der Waals surface area (Å²) >= 11 is 0. The average molecular weight is 758 g/mol. The summed E-state index contributed by atoms with van der Waals surface area (Å²) in [5, 5.41) is 56.7. The lowest BCUT2D eigenvalue weighted by molar-refractivity contribution is -0.384. The molecule has 286 valence electrons. The Morgan fingerprint density at radius 2 is 1.49 bits per heavy atom. The van der Waals surface area contributed by atoms with Gasteiger partial charge in [-0.25, -0.2) is 9.59 Å². The van der Waals surface area contributed by atoms with E-state index < -0.39 is 65.5 Å². The van der Waals surface area contributed by atoms with Gasteiger partial charge < -0.3 is 50.0 Å². The number of carbonyl (C=O) groups is 4. The number of alkyl carbamates (subject to hydrolysis) is 1. The van der Waals surface area contributed by atoms with Crippen LogP contribution in [0.1, 0.15) is 35.6 Å². The number of carbonyl (C=O) groups excluding carboxylic acids is 3. The first-order chi connectivity index (χ1) is 26.4. The van der Waals surface area contributed by atoms with E-state index in [9.17, 15) is 49.7 Å². The summed E-state index contributed by atoms with van der Waals surface area (Å²) in [5.74, 6) is -3.57. The molecule has 0 heterocycles. The standard InChI is InChI=1S/C38H35N3O14/c42-31(15-16-39-37(48)55-35-25-7-3-1-5-23(25)24-6-2-4-8-26(24)35)40-28-17-20(19-52-38(49)53-22-12-10-21(11-13-22)41(50)51)9-14-29(28)54-30-18-27(36(46)47)32(43)34(45)33(30)44/h1-14,17,27,30,32-35,43-45H,15-16,18-19H2,(H,39,48)(H,40,42)(H,46,47)/t27-,30+,32+,33-,34-/m0/s1. The van der Waals surface area contributed by atoms with E-state index in [4.69, 9.17) is 18.9 Å². The van der Waals surface area contributed by atoms with Crippen molar-refractivity contribution in [2.45, 2.75) is 50.0 Å². The van der Waals surface area contributed by atoms with Crippen molar-refractivity contribution >= 4 is 35.5 Å². The fourth-order valence-electron chi connectivity index (χ4n) is 6.36. The second kappa shape index (κ2) is 16.6. The fourth-order valence-corrected chi connectivity index (χ4v) is 6.36. The van der Waals surface area contributed by atoms with Crippen LogP contribution in [0.2, 0.25) is 0 Å². The van der Waals surface area contributed by atoms with E-state index in [1.165, 1.54) is 30.3 Å². The van der Waals surface area contributed by atoms with E-state index >= 15 is 0 Å². The highest BCUT2D eigenvalue weighted by atomic mass is 16.7. The predicted molar refractivity (Wildman–Crippen MR) is 190 cm³/mol. The molecule has 0 radical (unpaired) electrons. The van der Waals surface area contributed by atoms with Crippen LogP contribution >= 0.6 is 0 Å². The first-order valence-electron chi connectivity index (χ1n) is 17.0. The van der Waals surface area contributed by atoms with Crippen LogP contribution in [0.15, 0.2) is 91.0 Å². The number of nitro benzene ring substituents is 1. The van der Waals surface area contributed by atoms with E-state index in [2.05, 4.69) is 10.6 Å². The number of non-ortho nitro benzene ring substituents is 1. The maximum absolute atomic E-state index is 13.2. The van der Waals surface area contributed by atoms with Crippen molar-refractivity contribution in [3.63, 3.8) is 0 Å². The van der Waals surface area contributed by atoms with E-state index in [1.807, 2.05) is 48.5 Å². The molecule has 4 aromatic carbocycles. The summed E-state index contributed by atoms with van der Waals surface area (Å²) in [5.41, 5.74) is 3.65. The second-order valence-corrected chi connectivity index (χ2v) is 12.7. The second-order valence-electron chi connectivity index (χ2n) is 12.7. The van der Waals surface area contributed by atoms with Gasteiger partial charge in [0.1, 0.15) is 36.4 Å². The maximum atomic E-state index is 13.2. The Morgan fingerprint density at radius 3 is 2.13 bits per heavy atom. The smallest absolute Gasteiger partial charge is 0.485 e. The number of nitrogens with zero attached hydrogens (tertiary/aromatic N) is 1. The molecule has 1 fully saturated rings. The van der Waals surface area contributed by atoms with Crippen molar-refractivity contribution < 1.29 is 63.5 Å². The Balaban J connectivity index is 1.11. The number of hydrogen-bond donors (Lipinski definition) is 6. The van der Waals surface area contributed by atoms with Gasteiger partial charge in [-0.1, -0.05) is 54.6 Å². The fraction of sp³-hybridized carbons (Fsp3) is 0.263. The highest BCUT2D eigenvalue weighted by molar-refractivity contribution is 5.92. The van der Waals surface area contributed by atoms with E-state index in [-0.39, 0.29) is 48.9 Å². The minimum absolute atomic E-state index is 0.00345. The largest absolute Gasteiger partial charge is 0.514 e. The summed E-state index contributed by atoms with van der Waals surface area (Å²) in [4.78, 5) is 60.3. The predicted octanol–water partition coefficient (Wildman–Crippen LogP) is 4.07. The molecule has 6 rings (SSSR count). The van der Waals surface area contributed by atoms with Crippen LogP contribution in [0.4, 0.5) is 21.0 Å². The van der Waals surface area contributed by atoms with Gasteiger partial charge in [-0.05, 0) is 41.0 Å². The number of aliphatic hydroxyl groups excluding tert-OH is 3. The van der Waals surface area contributed by atoms with Crippen molar-refractivity contribution in [1.29, 1.82) is 0 Å². The molecule has 2 aliphatic carbocycles. The van der Waals surface area contributed by atoms with Crippen molar-refractivity contribution in [3.05, 3.63) is 118 Å². The van der Waals surface area contributed by atoms with Crippen LogP contribution in [0.5, 0.6) is 11.5 Å². The molecule has 2 amide bonds. The number of hydrogen-bond acceptors (Lipinski definition) is 13. The molecule has 0 unspecified atom stereocenters. The summed E-state index contributed by atoms with van der Waals surface area (Å²) in [6.45, 7) is -0.520. The normalized spacial score (nSPS) is 19.9. The Hall–Kier alpha value is -6.56. The number of aliphatic carboxylic acids is 1. The number of aliphatic hydroxyl groups is 3. The van der Waals surface area contributed by atoms with E-state index in [1.54, 1.807) is 0 Å². The molecule has 0 aromatic heterocycles. The number of benzene rings is 4. The molecule has 5 atom stereocenters. The summed E-state index contributed by atoms with van der Waals surface area (Å²) in [7, 11) is 0. The minimum atomic E-state index is -1.84.